The summed E-state index contributed by atoms with van der Waals surface area (Å²) in [4.78, 5) is 23.3. The highest BCUT2D eigenvalue weighted by atomic mass is 19.1. The Labute approximate surface area is 103 Å². The molecule has 0 saturated heterocycles. The van der Waals surface area contributed by atoms with Gasteiger partial charge >= 0.3 is 0 Å². The zero-order valence-corrected chi connectivity index (χ0v) is 9.93. The fourth-order valence-corrected chi connectivity index (χ4v) is 1.47. The van der Waals surface area contributed by atoms with Gasteiger partial charge in [-0.1, -0.05) is 0 Å². The number of carbonyl (C=O) groups is 1. The van der Waals surface area contributed by atoms with Crippen molar-refractivity contribution in [2.24, 2.45) is 5.73 Å². The summed E-state index contributed by atoms with van der Waals surface area (Å²) >= 11 is 0. The summed E-state index contributed by atoms with van der Waals surface area (Å²) in [6.45, 7) is 0.770. The normalized spacial score (nSPS) is 10.2. The average Bonchev–Trinajstić information content (AvgIpc) is 2.34. The van der Waals surface area contributed by atoms with Crippen LogP contribution in [0.25, 0.3) is 0 Å². The molecule has 6 nitrogen and oxygen atoms in total. The van der Waals surface area contributed by atoms with Crippen molar-refractivity contribution in [3.63, 3.8) is 0 Å². The topological polar surface area (TPSA) is 89.5 Å². The zero-order valence-electron chi connectivity index (χ0n) is 9.93. The number of hydrogen-bond donors (Lipinski definition) is 1. The molecule has 1 rings (SSSR count). The molecule has 0 aromatic heterocycles. The summed E-state index contributed by atoms with van der Waals surface area (Å²) in [5.41, 5.74) is 4.66. The lowest BCUT2D eigenvalue weighted by Crippen LogP contribution is -2.29. The van der Waals surface area contributed by atoms with Crippen LogP contribution in [-0.4, -0.2) is 35.9 Å². The lowest BCUT2D eigenvalue weighted by atomic mass is 10.1. The van der Waals surface area contributed by atoms with Crippen molar-refractivity contribution in [3.05, 3.63) is 39.7 Å². The summed E-state index contributed by atoms with van der Waals surface area (Å²) in [7, 11) is 1.49. The minimum Gasteiger partial charge on any atom is -0.341 e. The van der Waals surface area contributed by atoms with E-state index in [1.165, 1.54) is 11.9 Å². The number of rotatable bonds is 5. The number of amides is 1. The van der Waals surface area contributed by atoms with Crippen LogP contribution >= 0.6 is 0 Å². The largest absolute Gasteiger partial charge is 0.341 e. The summed E-state index contributed by atoms with van der Waals surface area (Å²) in [6, 6.07) is 2.81. The highest BCUT2D eigenvalue weighted by molar-refractivity contribution is 5.98. The second-order valence-corrected chi connectivity index (χ2v) is 3.79. The monoisotopic (exact) mass is 255 g/mol. The number of nitrogens with zero attached hydrogens (tertiary/aromatic N) is 2. The molecule has 7 heteroatoms. The molecule has 0 atom stereocenters. The van der Waals surface area contributed by atoms with Crippen LogP contribution in [0.4, 0.5) is 10.1 Å². The standard InChI is InChI=1S/C11H14FN3O3/c1-14(6-2-5-13)11(16)9-7-8(12)3-4-10(9)15(17)18/h3-4,7H,2,5-6,13H2,1H3. The molecule has 0 bridgehead atoms. The molecule has 0 radical (unpaired) electrons. The van der Waals surface area contributed by atoms with E-state index in [9.17, 15) is 19.3 Å². The molecule has 0 spiro atoms. The van der Waals surface area contributed by atoms with Crippen molar-refractivity contribution in [2.45, 2.75) is 6.42 Å². The predicted octanol–water partition coefficient (Wildman–Crippen LogP) is 1.15. The first-order valence-electron chi connectivity index (χ1n) is 5.37. The predicted molar refractivity (Wildman–Crippen MR) is 63.7 cm³/mol. The van der Waals surface area contributed by atoms with Crippen molar-refractivity contribution >= 4 is 11.6 Å². The van der Waals surface area contributed by atoms with Crippen LogP contribution in [0.2, 0.25) is 0 Å². The summed E-state index contributed by atoms with van der Waals surface area (Å²) in [5, 5.41) is 10.8. The lowest BCUT2D eigenvalue weighted by Gasteiger charge is -2.16. The van der Waals surface area contributed by atoms with Crippen LogP contribution in [0.15, 0.2) is 18.2 Å². The average molecular weight is 255 g/mol. The molecule has 18 heavy (non-hydrogen) atoms. The smallest absolute Gasteiger partial charge is 0.282 e. The van der Waals surface area contributed by atoms with Crippen LogP contribution in [0.3, 0.4) is 0 Å². The van der Waals surface area contributed by atoms with Gasteiger partial charge < -0.3 is 10.6 Å². The van der Waals surface area contributed by atoms with Crippen molar-refractivity contribution in [1.29, 1.82) is 0 Å². The lowest BCUT2D eigenvalue weighted by molar-refractivity contribution is -0.385. The van der Waals surface area contributed by atoms with E-state index >= 15 is 0 Å². The van der Waals surface area contributed by atoms with Gasteiger partial charge in [0.2, 0.25) is 0 Å². The Balaban J connectivity index is 3.03. The van der Waals surface area contributed by atoms with Crippen molar-refractivity contribution in [3.8, 4) is 0 Å². The van der Waals surface area contributed by atoms with E-state index in [2.05, 4.69) is 0 Å². The molecular formula is C11H14FN3O3. The molecule has 0 aliphatic rings. The van der Waals surface area contributed by atoms with E-state index in [1.54, 1.807) is 0 Å². The van der Waals surface area contributed by atoms with Gasteiger partial charge in [-0.2, -0.15) is 0 Å². The van der Waals surface area contributed by atoms with Gasteiger partial charge in [0.1, 0.15) is 11.4 Å². The first-order valence-corrected chi connectivity index (χ1v) is 5.37. The summed E-state index contributed by atoms with van der Waals surface area (Å²) in [6.07, 6.45) is 0.575. The van der Waals surface area contributed by atoms with Gasteiger partial charge in [0.25, 0.3) is 11.6 Å². The van der Waals surface area contributed by atoms with E-state index < -0.39 is 22.3 Å². The minimum atomic E-state index is -0.705. The summed E-state index contributed by atoms with van der Waals surface area (Å²) < 4.78 is 13.1. The third kappa shape index (κ3) is 3.24. The van der Waals surface area contributed by atoms with Gasteiger partial charge in [-0.25, -0.2) is 4.39 Å². The third-order valence-corrected chi connectivity index (χ3v) is 2.43. The number of hydrogen-bond acceptors (Lipinski definition) is 4. The van der Waals surface area contributed by atoms with Crippen LogP contribution in [0.1, 0.15) is 16.8 Å². The maximum absolute atomic E-state index is 13.1. The van der Waals surface area contributed by atoms with Crippen molar-refractivity contribution in [1.82, 2.24) is 4.90 Å². The quantitative estimate of drug-likeness (QED) is 0.631. The fraction of sp³-hybridized carbons (Fsp3) is 0.364. The van der Waals surface area contributed by atoms with Crippen LogP contribution < -0.4 is 5.73 Å². The molecule has 0 heterocycles. The third-order valence-electron chi connectivity index (χ3n) is 2.43. The number of halogens is 1. The molecule has 0 fully saturated rings. The second kappa shape index (κ2) is 6.06. The van der Waals surface area contributed by atoms with E-state index in [0.717, 1.165) is 18.2 Å². The van der Waals surface area contributed by atoms with Gasteiger partial charge in [-0.3, -0.25) is 14.9 Å². The molecule has 1 aromatic rings. The summed E-state index contributed by atoms with van der Waals surface area (Å²) in [5.74, 6) is -1.27. The Hall–Kier alpha value is -2.02. The van der Waals surface area contributed by atoms with Crippen LogP contribution in [0.5, 0.6) is 0 Å². The molecule has 2 N–H and O–H groups in total. The van der Waals surface area contributed by atoms with Gasteiger partial charge in [0.15, 0.2) is 0 Å². The van der Waals surface area contributed by atoms with Crippen LogP contribution in [0, 0.1) is 15.9 Å². The molecule has 0 aliphatic heterocycles. The van der Waals surface area contributed by atoms with Gasteiger partial charge in [-0.15, -0.1) is 0 Å². The van der Waals surface area contributed by atoms with E-state index in [0.29, 0.717) is 19.5 Å². The molecule has 98 valence electrons. The molecule has 1 aromatic carbocycles. The Morgan fingerprint density at radius 1 is 1.56 bits per heavy atom. The van der Waals surface area contributed by atoms with E-state index in [4.69, 9.17) is 5.73 Å². The Kier molecular flexibility index (Phi) is 4.73. The number of benzene rings is 1. The van der Waals surface area contributed by atoms with Gasteiger partial charge in [0, 0.05) is 19.7 Å². The fourth-order valence-electron chi connectivity index (χ4n) is 1.47. The minimum absolute atomic E-state index is 0.250. The number of nitro groups is 1. The molecule has 0 aliphatic carbocycles. The Morgan fingerprint density at radius 3 is 2.78 bits per heavy atom. The van der Waals surface area contributed by atoms with Gasteiger partial charge in [-0.05, 0) is 25.1 Å². The SMILES string of the molecule is CN(CCCN)C(=O)c1cc(F)ccc1[N+](=O)[O-]. The van der Waals surface area contributed by atoms with Gasteiger partial charge in [0.05, 0.1) is 4.92 Å². The second-order valence-electron chi connectivity index (χ2n) is 3.79. The first-order chi connectivity index (χ1) is 8.47. The Bertz CT molecular complexity index is 465. The van der Waals surface area contributed by atoms with Crippen molar-refractivity contribution in [2.75, 3.05) is 20.1 Å². The molecule has 0 saturated carbocycles. The number of nitro benzene ring substituents is 1. The van der Waals surface area contributed by atoms with Crippen LogP contribution in [-0.2, 0) is 0 Å². The molecule has 1 amide bonds. The number of carbonyl (C=O) groups excluding carboxylic acids is 1. The number of nitrogens with two attached hydrogens (primary N) is 1. The maximum Gasteiger partial charge on any atom is 0.282 e. The zero-order chi connectivity index (χ0) is 13.7. The van der Waals surface area contributed by atoms with E-state index in [1.807, 2.05) is 0 Å². The highest BCUT2D eigenvalue weighted by Gasteiger charge is 2.23. The molecular weight excluding hydrogens is 241 g/mol. The first kappa shape index (κ1) is 14.0. The maximum atomic E-state index is 13.1. The van der Waals surface area contributed by atoms with E-state index in [-0.39, 0.29) is 5.56 Å². The highest BCUT2D eigenvalue weighted by Crippen LogP contribution is 2.20. The van der Waals surface area contributed by atoms with Crippen molar-refractivity contribution < 1.29 is 14.1 Å². The molecule has 0 unspecified atom stereocenters. The Morgan fingerprint density at radius 2 is 2.22 bits per heavy atom.